The molecule has 0 saturated heterocycles. The molecule has 90 valence electrons. The van der Waals surface area contributed by atoms with Crippen molar-refractivity contribution in [1.82, 2.24) is 0 Å². The molecule has 0 radical (unpaired) electrons. The molecule has 3 heteroatoms. The number of Topliss-reactive ketones (excluding diaryl/α,β-unsaturated/α-hetero) is 1. The van der Waals surface area contributed by atoms with Crippen molar-refractivity contribution in [3.05, 3.63) is 34.3 Å². The van der Waals surface area contributed by atoms with Crippen LogP contribution in [0.5, 0.6) is 0 Å². The highest BCUT2D eigenvalue weighted by molar-refractivity contribution is 6.32. The zero-order valence-electron chi connectivity index (χ0n) is 9.80. The van der Waals surface area contributed by atoms with Crippen molar-refractivity contribution in [2.75, 3.05) is 0 Å². The molecule has 0 aliphatic rings. The summed E-state index contributed by atoms with van der Waals surface area (Å²) in [5.41, 5.74) is 0. The van der Waals surface area contributed by atoms with E-state index in [0.717, 1.165) is 29.3 Å². The van der Waals surface area contributed by atoms with Crippen molar-refractivity contribution in [1.29, 1.82) is 0 Å². The Kier molecular flexibility index (Phi) is 9.36. The number of benzene rings is 1. The van der Waals surface area contributed by atoms with Gasteiger partial charge < -0.3 is 0 Å². The fourth-order valence-electron chi connectivity index (χ4n) is 0.980. The van der Waals surface area contributed by atoms with Gasteiger partial charge in [0, 0.05) is 22.9 Å². The molecule has 0 aliphatic heterocycles. The first-order chi connectivity index (χ1) is 7.60. The predicted octanol–water partition coefficient (Wildman–Crippen LogP) is 5.15. The lowest BCUT2D eigenvalue weighted by atomic mass is 10.1. The first-order valence-corrected chi connectivity index (χ1v) is 6.28. The topological polar surface area (TPSA) is 17.1 Å². The Bertz CT molecular complexity index is 272. The van der Waals surface area contributed by atoms with Crippen molar-refractivity contribution in [3.8, 4) is 0 Å². The standard InChI is InChI=1S/C7H14O.C6H4Cl2/c1-3-5-6-7(8)4-2;7-5-1-2-6(8)4-3-5/h3-6H2,1-2H3;1-4H. The van der Waals surface area contributed by atoms with Crippen LogP contribution in [0.1, 0.15) is 39.5 Å². The fraction of sp³-hybridized carbons (Fsp3) is 0.462. The van der Waals surface area contributed by atoms with Gasteiger partial charge in [-0.05, 0) is 30.7 Å². The van der Waals surface area contributed by atoms with E-state index in [0.29, 0.717) is 12.2 Å². The van der Waals surface area contributed by atoms with E-state index in [9.17, 15) is 4.79 Å². The third-order valence-electron chi connectivity index (χ3n) is 2.01. The molecule has 0 saturated carbocycles. The molecule has 0 bridgehead atoms. The summed E-state index contributed by atoms with van der Waals surface area (Å²) in [7, 11) is 0. The third kappa shape index (κ3) is 8.75. The monoisotopic (exact) mass is 260 g/mol. The Labute approximate surface area is 108 Å². The van der Waals surface area contributed by atoms with Crippen LogP contribution in [0.4, 0.5) is 0 Å². The normalized spacial score (nSPS) is 9.25. The van der Waals surface area contributed by atoms with Gasteiger partial charge in [-0.1, -0.05) is 43.5 Å². The second-order valence-electron chi connectivity index (χ2n) is 3.43. The van der Waals surface area contributed by atoms with Crippen molar-refractivity contribution in [2.45, 2.75) is 39.5 Å². The molecule has 0 spiro atoms. The molecular formula is C13H18Cl2O. The van der Waals surface area contributed by atoms with Gasteiger partial charge in [0.05, 0.1) is 0 Å². The van der Waals surface area contributed by atoms with Crippen LogP contribution in [0.3, 0.4) is 0 Å². The molecule has 0 fully saturated rings. The Balaban J connectivity index is 0.000000281. The highest BCUT2D eigenvalue weighted by Crippen LogP contribution is 2.12. The molecule has 0 amide bonds. The van der Waals surface area contributed by atoms with Gasteiger partial charge >= 0.3 is 0 Å². The maximum absolute atomic E-state index is 10.6. The zero-order chi connectivity index (χ0) is 12.4. The molecule has 1 rings (SSSR count). The van der Waals surface area contributed by atoms with Crippen molar-refractivity contribution >= 4 is 29.0 Å². The summed E-state index contributed by atoms with van der Waals surface area (Å²) in [6.45, 7) is 4.01. The van der Waals surface area contributed by atoms with Crippen LogP contribution in [0.25, 0.3) is 0 Å². The summed E-state index contributed by atoms with van der Waals surface area (Å²) >= 11 is 11.1. The lowest BCUT2D eigenvalue weighted by Crippen LogP contribution is -1.92. The SMILES string of the molecule is CCCCC(=O)CC.Clc1ccc(Cl)cc1. The van der Waals surface area contributed by atoms with Crippen molar-refractivity contribution in [3.63, 3.8) is 0 Å². The minimum absolute atomic E-state index is 0.395. The number of carbonyl (C=O) groups is 1. The summed E-state index contributed by atoms with van der Waals surface area (Å²) < 4.78 is 0. The average Bonchev–Trinajstić information content (AvgIpc) is 2.30. The average molecular weight is 261 g/mol. The predicted molar refractivity (Wildman–Crippen MR) is 71.3 cm³/mol. The van der Waals surface area contributed by atoms with Gasteiger partial charge in [0.1, 0.15) is 5.78 Å². The summed E-state index contributed by atoms with van der Waals surface area (Å²) in [4.78, 5) is 10.6. The van der Waals surface area contributed by atoms with Crippen LogP contribution in [0.2, 0.25) is 10.0 Å². The number of hydrogen-bond donors (Lipinski definition) is 0. The fourth-order valence-corrected chi connectivity index (χ4v) is 1.23. The van der Waals surface area contributed by atoms with Crippen LogP contribution < -0.4 is 0 Å². The van der Waals surface area contributed by atoms with Gasteiger partial charge in [0.2, 0.25) is 0 Å². The van der Waals surface area contributed by atoms with Gasteiger partial charge in [-0.25, -0.2) is 0 Å². The quantitative estimate of drug-likeness (QED) is 0.732. The molecule has 0 heterocycles. The number of rotatable bonds is 4. The molecule has 0 unspecified atom stereocenters. The van der Waals surface area contributed by atoms with E-state index < -0.39 is 0 Å². The Hall–Kier alpha value is -0.530. The summed E-state index contributed by atoms with van der Waals surface area (Å²) in [5, 5.41) is 1.43. The van der Waals surface area contributed by atoms with Crippen molar-refractivity contribution in [2.24, 2.45) is 0 Å². The lowest BCUT2D eigenvalue weighted by molar-refractivity contribution is -0.118. The number of carbonyl (C=O) groups excluding carboxylic acids is 1. The van der Waals surface area contributed by atoms with Gasteiger partial charge in [-0.3, -0.25) is 4.79 Å². The molecular weight excluding hydrogens is 243 g/mol. The molecule has 0 aliphatic carbocycles. The van der Waals surface area contributed by atoms with Gasteiger partial charge in [-0.2, -0.15) is 0 Å². The number of hydrogen-bond acceptors (Lipinski definition) is 1. The number of halogens is 2. The maximum Gasteiger partial charge on any atom is 0.132 e. The Morgan fingerprint density at radius 2 is 1.50 bits per heavy atom. The van der Waals surface area contributed by atoms with Crippen LogP contribution in [0.15, 0.2) is 24.3 Å². The smallest absolute Gasteiger partial charge is 0.132 e. The van der Waals surface area contributed by atoms with Crippen LogP contribution >= 0.6 is 23.2 Å². The largest absolute Gasteiger partial charge is 0.300 e. The summed E-state index contributed by atoms with van der Waals surface area (Å²) in [6, 6.07) is 7.02. The van der Waals surface area contributed by atoms with E-state index in [4.69, 9.17) is 23.2 Å². The van der Waals surface area contributed by atoms with Gasteiger partial charge in [0.15, 0.2) is 0 Å². The number of unbranched alkanes of at least 4 members (excludes halogenated alkanes) is 1. The van der Waals surface area contributed by atoms with E-state index in [1.54, 1.807) is 24.3 Å². The summed E-state index contributed by atoms with van der Waals surface area (Å²) in [5.74, 6) is 0.395. The minimum Gasteiger partial charge on any atom is -0.300 e. The summed E-state index contributed by atoms with van der Waals surface area (Å²) in [6.07, 6.45) is 3.69. The Morgan fingerprint density at radius 1 is 1.06 bits per heavy atom. The van der Waals surface area contributed by atoms with E-state index >= 15 is 0 Å². The lowest BCUT2D eigenvalue weighted by Gasteiger charge is -1.91. The van der Waals surface area contributed by atoms with E-state index in [1.807, 2.05) is 6.92 Å². The Morgan fingerprint density at radius 3 is 1.81 bits per heavy atom. The van der Waals surface area contributed by atoms with Crippen LogP contribution in [-0.2, 0) is 4.79 Å². The minimum atomic E-state index is 0.395. The van der Waals surface area contributed by atoms with Crippen LogP contribution in [0, 0.1) is 0 Å². The highest BCUT2D eigenvalue weighted by atomic mass is 35.5. The second-order valence-corrected chi connectivity index (χ2v) is 4.31. The van der Waals surface area contributed by atoms with Crippen molar-refractivity contribution < 1.29 is 4.79 Å². The molecule has 16 heavy (non-hydrogen) atoms. The molecule has 1 nitrogen and oxygen atoms in total. The second kappa shape index (κ2) is 9.68. The maximum atomic E-state index is 10.6. The molecule has 0 aromatic heterocycles. The van der Waals surface area contributed by atoms with Gasteiger partial charge in [0.25, 0.3) is 0 Å². The van der Waals surface area contributed by atoms with Gasteiger partial charge in [-0.15, -0.1) is 0 Å². The zero-order valence-corrected chi connectivity index (χ0v) is 11.3. The first-order valence-electron chi connectivity index (χ1n) is 5.52. The van der Waals surface area contributed by atoms with E-state index in [2.05, 4.69) is 6.92 Å². The molecule has 0 atom stereocenters. The van der Waals surface area contributed by atoms with Crippen LogP contribution in [-0.4, -0.2) is 5.78 Å². The third-order valence-corrected chi connectivity index (χ3v) is 2.51. The van der Waals surface area contributed by atoms with E-state index in [-0.39, 0.29) is 0 Å². The molecule has 1 aromatic rings. The first kappa shape index (κ1) is 15.5. The highest BCUT2D eigenvalue weighted by Gasteiger charge is 1.93. The molecule has 1 aromatic carbocycles. The number of ketones is 1. The van der Waals surface area contributed by atoms with E-state index in [1.165, 1.54) is 0 Å². The molecule has 0 N–H and O–H groups in total.